The molecular weight excluding hydrogens is 426 g/mol. The number of aromatic nitrogens is 2. The Balaban J connectivity index is 1.64. The molecule has 0 unspecified atom stereocenters. The van der Waals surface area contributed by atoms with Crippen LogP contribution in [0.25, 0.3) is 22.3 Å². The van der Waals surface area contributed by atoms with Crippen molar-refractivity contribution < 1.29 is 21.9 Å². The van der Waals surface area contributed by atoms with Crippen molar-refractivity contribution in [1.29, 1.82) is 0 Å². The van der Waals surface area contributed by atoms with E-state index in [0.717, 1.165) is 5.52 Å². The lowest BCUT2D eigenvalue weighted by Crippen LogP contribution is -2.31. The van der Waals surface area contributed by atoms with Crippen LogP contribution in [-0.2, 0) is 14.8 Å². The molecule has 31 heavy (non-hydrogen) atoms. The van der Waals surface area contributed by atoms with Crippen LogP contribution in [0.2, 0.25) is 0 Å². The van der Waals surface area contributed by atoms with Crippen LogP contribution in [0.1, 0.15) is 6.42 Å². The Morgan fingerprint density at radius 1 is 1.16 bits per heavy atom. The van der Waals surface area contributed by atoms with E-state index in [1.165, 1.54) is 28.9 Å². The molecular formula is C21H20F2N4O3S. The molecule has 2 aliphatic heterocycles. The van der Waals surface area contributed by atoms with Gasteiger partial charge in [0.15, 0.2) is 0 Å². The summed E-state index contributed by atoms with van der Waals surface area (Å²) in [7, 11) is -3.82. The maximum absolute atomic E-state index is 13.9. The number of aromatic amines is 1. The molecule has 3 aromatic rings. The number of fused-ring (bicyclic) bond motifs is 1. The smallest absolute Gasteiger partial charge is 0.266 e. The van der Waals surface area contributed by atoms with Gasteiger partial charge in [0.25, 0.3) is 15.9 Å². The van der Waals surface area contributed by atoms with Crippen LogP contribution in [0.5, 0.6) is 0 Å². The number of halogens is 2. The lowest BCUT2D eigenvalue weighted by Gasteiger charge is -2.25. The first-order valence-electron chi connectivity index (χ1n) is 9.85. The van der Waals surface area contributed by atoms with E-state index in [1.54, 1.807) is 29.3 Å². The fraction of sp³-hybridized carbons (Fsp3) is 0.286. The first-order chi connectivity index (χ1) is 14.8. The van der Waals surface area contributed by atoms with E-state index in [1.807, 2.05) is 6.07 Å². The standard InChI is InChI=1S/C21H20F2N4O3S/c22-21(23)5-7-26(14-21)20-4-3-15(31(28,29)27-8-10-30-11-9-27)12-16(20)18-13-19-17(25-18)2-1-6-24-19/h1-4,6,8,10,12-13,25H,5,7,9,11,14H2. The number of ether oxygens (including phenoxy) is 1. The summed E-state index contributed by atoms with van der Waals surface area (Å²) >= 11 is 0. The molecule has 1 fully saturated rings. The number of H-pyrrole nitrogens is 1. The number of hydrogen-bond acceptors (Lipinski definition) is 5. The minimum absolute atomic E-state index is 0.0790. The number of hydrogen-bond donors (Lipinski definition) is 1. The van der Waals surface area contributed by atoms with Gasteiger partial charge in [-0.3, -0.25) is 9.29 Å². The highest BCUT2D eigenvalue weighted by atomic mass is 32.2. The largest absolute Gasteiger partial charge is 0.498 e. The molecule has 0 bridgehead atoms. The summed E-state index contributed by atoms with van der Waals surface area (Å²) in [6.07, 6.45) is 4.14. The zero-order valence-corrected chi connectivity index (χ0v) is 17.3. The molecule has 1 N–H and O–H groups in total. The molecule has 162 valence electrons. The molecule has 10 heteroatoms. The van der Waals surface area contributed by atoms with Crippen molar-refractivity contribution in [3.05, 3.63) is 55.1 Å². The number of rotatable bonds is 4. The average Bonchev–Trinajstić information content (AvgIpc) is 3.36. The van der Waals surface area contributed by atoms with Crippen LogP contribution in [-0.4, -0.2) is 54.9 Å². The molecule has 4 heterocycles. The number of benzene rings is 1. The van der Waals surface area contributed by atoms with Crippen LogP contribution in [0, 0.1) is 0 Å². The Bertz CT molecular complexity index is 1240. The summed E-state index contributed by atoms with van der Waals surface area (Å²) in [5, 5.41) is 0. The molecule has 5 rings (SSSR count). The topological polar surface area (TPSA) is 78.5 Å². The van der Waals surface area contributed by atoms with Gasteiger partial charge in [-0.15, -0.1) is 0 Å². The van der Waals surface area contributed by atoms with Crippen molar-refractivity contribution in [3.63, 3.8) is 0 Å². The Labute approximate surface area is 178 Å². The second-order valence-corrected chi connectivity index (χ2v) is 9.49. The minimum Gasteiger partial charge on any atom is -0.498 e. The zero-order valence-electron chi connectivity index (χ0n) is 16.5. The van der Waals surface area contributed by atoms with Crippen LogP contribution in [0.4, 0.5) is 14.5 Å². The van der Waals surface area contributed by atoms with E-state index in [4.69, 9.17) is 4.74 Å². The van der Waals surface area contributed by atoms with Crippen molar-refractivity contribution >= 4 is 26.7 Å². The highest BCUT2D eigenvalue weighted by Gasteiger charge is 2.39. The van der Waals surface area contributed by atoms with Gasteiger partial charge in [0, 0.05) is 30.4 Å². The van der Waals surface area contributed by atoms with E-state index < -0.39 is 22.5 Å². The van der Waals surface area contributed by atoms with E-state index >= 15 is 0 Å². The van der Waals surface area contributed by atoms with Crippen LogP contribution >= 0.6 is 0 Å². The lowest BCUT2D eigenvalue weighted by molar-refractivity contribution is 0.0257. The predicted molar refractivity (Wildman–Crippen MR) is 112 cm³/mol. The van der Waals surface area contributed by atoms with Crippen molar-refractivity contribution in [3.8, 4) is 11.3 Å². The summed E-state index contributed by atoms with van der Waals surface area (Å²) in [6.45, 7) is 0.245. The van der Waals surface area contributed by atoms with Gasteiger partial charge in [-0.2, -0.15) is 0 Å². The van der Waals surface area contributed by atoms with Crippen molar-refractivity contribution in [2.45, 2.75) is 17.2 Å². The van der Waals surface area contributed by atoms with Gasteiger partial charge in [0.2, 0.25) is 0 Å². The number of sulfonamides is 1. The van der Waals surface area contributed by atoms with Crippen LogP contribution in [0.3, 0.4) is 0 Å². The minimum atomic E-state index is -3.82. The third-order valence-electron chi connectivity index (χ3n) is 5.52. The zero-order chi connectivity index (χ0) is 21.6. The first-order valence-corrected chi connectivity index (χ1v) is 11.3. The van der Waals surface area contributed by atoms with Gasteiger partial charge < -0.3 is 14.6 Å². The van der Waals surface area contributed by atoms with Gasteiger partial charge in [-0.05, 0) is 36.4 Å². The van der Waals surface area contributed by atoms with Gasteiger partial charge >= 0.3 is 0 Å². The molecule has 1 saturated heterocycles. The molecule has 2 aliphatic rings. The Kier molecular flexibility index (Phi) is 4.62. The second-order valence-electron chi connectivity index (χ2n) is 7.60. The number of nitrogens with one attached hydrogen (secondary N) is 1. The molecule has 0 saturated carbocycles. The summed E-state index contributed by atoms with van der Waals surface area (Å²) in [5.41, 5.74) is 3.20. The van der Waals surface area contributed by atoms with Gasteiger partial charge in [0.05, 0.1) is 47.2 Å². The lowest BCUT2D eigenvalue weighted by atomic mass is 10.1. The fourth-order valence-electron chi connectivity index (χ4n) is 3.94. The van der Waals surface area contributed by atoms with Crippen LogP contribution < -0.4 is 4.90 Å². The highest BCUT2D eigenvalue weighted by molar-refractivity contribution is 7.89. The summed E-state index contributed by atoms with van der Waals surface area (Å²) < 4.78 is 60.4. The Morgan fingerprint density at radius 2 is 2.03 bits per heavy atom. The molecule has 0 atom stereocenters. The van der Waals surface area contributed by atoms with E-state index in [-0.39, 0.29) is 31.0 Å². The van der Waals surface area contributed by atoms with E-state index in [9.17, 15) is 17.2 Å². The Hall–Kier alpha value is -3.14. The molecule has 1 aromatic carbocycles. The maximum atomic E-state index is 13.9. The first kappa shape index (κ1) is 19.8. The predicted octanol–water partition coefficient (Wildman–Crippen LogP) is 3.57. The average molecular weight is 446 g/mol. The monoisotopic (exact) mass is 446 g/mol. The maximum Gasteiger partial charge on any atom is 0.266 e. The number of nitrogens with zero attached hydrogens (tertiary/aromatic N) is 3. The molecule has 0 radical (unpaired) electrons. The molecule has 7 nitrogen and oxygen atoms in total. The normalized spacial score (nSPS) is 18.5. The number of alkyl halides is 2. The fourth-order valence-corrected chi connectivity index (χ4v) is 5.24. The Morgan fingerprint density at radius 3 is 2.74 bits per heavy atom. The van der Waals surface area contributed by atoms with Gasteiger partial charge in [-0.25, -0.2) is 17.2 Å². The van der Waals surface area contributed by atoms with Crippen molar-refractivity contribution in [2.75, 3.05) is 31.1 Å². The third-order valence-corrected chi connectivity index (χ3v) is 7.29. The molecule has 0 amide bonds. The van der Waals surface area contributed by atoms with Crippen molar-refractivity contribution in [1.82, 2.24) is 14.3 Å². The quantitative estimate of drug-likeness (QED) is 0.663. The van der Waals surface area contributed by atoms with E-state index in [0.29, 0.717) is 22.5 Å². The second kappa shape index (κ2) is 7.23. The van der Waals surface area contributed by atoms with E-state index in [2.05, 4.69) is 9.97 Å². The molecule has 0 aliphatic carbocycles. The summed E-state index contributed by atoms with van der Waals surface area (Å²) in [5.74, 6) is -2.78. The highest BCUT2D eigenvalue weighted by Crippen LogP contribution is 2.39. The number of anilines is 1. The SMILES string of the molecule is O=S(=O)(c1ccc(N2CCC(F)(F)C2)c(-c2cc3ncccc3[nH]2)c1)N1C=COCC1. The van der Waals surface area contributed by atoms with Gasteiger partial charge in [-0.1, -0.05) is 0 Å². The van der Waals surface area contributed by atoms with Crippen LogP contribution in [0.15, 0.2) is 60.0 Å². The number of pyridine rings is 1. The summed E-state index contributed by atoms with van der Waals surface area (Å²) in [4.78, 5) is 9.22. The molecule has 2 aromatic heterocycles. The summed E-state index contributed by atoms with van der Waals surface area (Å²) in [6, 6.07) is 10.1. The third kappa shape index (κ3) is 3.60. The molecule has 0 spiro atoms. The van der Waals surface area contributed by atoms with Crippen molar-refractivity contribution in [2.24, 2.45) is 0 Å². The van der Waals surface area contributed by atoms with Gasteiger partial charge in [0.1, 0.15) is 6.61 Å².